The Labute approximate surface area is 147 Å². The van der Waals surface area contributed by atoms with E-state index in [-0.39, 0.29) is 0 Å². The van der Waals surface area contributed by atoms with Crippen LogP contribution in [0.15, 0.2) is 18.2 Å². The topological polar surface area (TPSA) is 51.8 Å². The summed E-state index contributed by atoms with van der Waals surface area (Å²) in [6.07, 6.45) is 4.84. The molecule has 2 aromatic rings. The first-order valence-electron chi connectivity index (χ1n) is 6.84. The van der Waals surface area contributed by atoms with Crippen LogP contribution >= 0.6 is 45.8 Å². The molecule has 3 nitrogen and oxygen atoms in total. The molecule has 2 N–H and O–H groups in total. The first kappa shape index (κ1) is 15.3. The summed E-state index contributed by atoms with van der Waals surface area (Å²) in [6.45, 7) is 0. The third-order valence-electron chi connectivity index (χ3n) is 3.77. The maximum atomic E-state index is 6.08. The van der Waals surface area contributed by atoms with Crippen LogP contribution in [0.4, 0.5) is 5.82 Å². The van der Waals surface area contributed by atoms with Crippen molar-refractivity contribution < 1.29 is 0 Å². The summed E-state index contributed by atoms with van der Waals surface area (Å²) in [6, 6.07) is 5.32. The second kappa shape index (κ2) is 6.26. The van der Waals surface area contributed by atoms with Crippen LogP contribution < -0.4 is 5.73 Å². The summed E-state index contributed by atoms with van der Waals surface area (Å²) >= 11 is 14.4. The molecule has 1 heterocycles. The molecule has 0 amide bonds. The van der Waals surface area contributed by atoms with Gasteiger partial charge in [-0.3, -0.25) is 0 Å². The lowest BCUT2D eigenvalue weighted by molar-refractivity contribution is 0.691. The largest absolute Gasteiger partial charge is 0.383 e. The number of rotatable bonds is 2. The van der Waals surface area contributed by atoms with Crippen LogP contribution in [0.5, 0.6) is 0 Å². The van der Waals surface area contributed by atoms with E-state index in [0.29, 0.717) is 27.6 Å². The second-order valence-corrected chi connectivity index (χ2v) is 7.22. The predicted molar refractivity (Wildman–Crippen MR) is 95.8 cm³/mol. The van der Waals surface area contributed by atoms with Crippen molar-refractivity contribution in [2.75, 3.05) is 5.73 Å². The Bertz CT molecular complexity index is 665. The number of hydrogen-bond donors (Lipinski definition) is 1. The van der Waals surface area contributed by atoms with Gasteiger partial charge in [0.05, 0.1) is 9.26 Å². The minimum Gasteiger partial charge on any atom is -0.383 e. The second-order valence-electron chi connectivity index (χ2n) is 5.27. The number of anilines is 1. The van der Waals surface area contributed by atoms with Crippen LogP contribution in [0.3, 0.4) is 0 Å². The predicted octanol–water partition coefficient (Wildman–Crippen LogP) is 5.29. The molecule has 0 atom stereocenters. The molecular weight excluding hydrogens is 420 g/mol. The number of halogens is 3. The maximum Gasteiger partial charge on any atom is 0.161 e. The van der Waals surface area contributed by atoms with E-state index in [2.05, 4.69) is 27.6 Å². The molecule has 1 aromatic heterocycles. The normalized spacial score (nSPS) is 15.6. The average Bonchev–Trinajstić information content (AvgIpc) is 2.94. The molecule has 0 unspecified atom stereocenters. The monoisotopic (exact) mass is 433 g/mol. The van der Waals surface area contributed by atoms with Crippen molar-refractivity contribution in [1.82, 2.24) is 9.97 Å². The molecule has 21 heavy (non-hydrogen) atoms. The van der Waals surface area contributed by atoms with Crippen molar-refractivity contribution in [2.45, 2.75) is 31.6 Å². The van der Waals surface area contributed by atoms with E-state index < -0.39 is 0 Å². The molecule has 110 valence electrons. The van der Waals surface area contributed by atoms with Crippen molar-refractivity contribution in [3.8, 4) is 11.4 Å². The van der Waals surface area contributed by atoms with Gasteiger partial charge in [0.1, 0.15) is 5.82 Å². The molecule has 1 aromatic carbocycles. The smallest absolute Gasteiger partial charge is 0.161 e. The summed E-state index contributed by atoms with van der Waals surface area (Å²) in [5.41, 5.74) is 7.94. The Morgan fingerprint density at radius 2 is 1.67 bits per heavy atom. The van der Waals surface area contributed by atoms with Crippen LogP contribution in [-0.2, 0) is 0 Å². The van der Waals surface area contributed by atoms with Crippen molar-refractivity contribution >= 4 is 51.6 Å². The van der Waals surface area contributed by atoms with Crippen molar-refractivity contribution in [1.29, 1.82) is 0 Å². The SMILES string of the molecule is Nc1nc(-c2cc(Cl)cc(Cl)c2)nc(C2CCCC2)c1I. The molecular formula is C15H14Cl2IN3. The van der Waals surface area contributed by atoms with Crippen LogP contribution in [0, 0.1) is 3.57 Å². The number of nitrogen functional groups attached to an aromatic ring is 1. The van der Waals surface area contributed by atoms with Crippen LogP contribution in [0.25, 0.3) is 11.4 Å². The Balaban J connectivity index is 2.10. The van der Waals surface area contributed by atoms with Gasteiger partial charge in [-0.25, -0.2) is 9.97 Å². The minimum atomic E-state index is 0.482. The van der Waals surface area contributed by atoms with Gasteiger partial charge in [0.15, 0.2) is 5.82 Å². The van der Waals surface area contributed by atoms with Gasteiger partial charge in [0.25, 0.3) is 0 Å². The average molecular weight is 434 g/mol. The molecule has 6 heteroatoms. The molecule has 0 radical (unpaired) electrons. The number of nitrogens with two attached hydrogens (primary N) is 1. The van der Waals surface area contributed by atoms with Crippen molar-refractivity contribution in [2.24, 2.45) is 0 Å². The Morgan fingerprint density at radius 1 is 1.05 bits per heavy atom. The fourth-order valence-electron chi connectivity index (χ4n) is 2.76. The van der Waals surface area contributed by atoms with Crippen molar-refractivity contribution in [3.63, 3.8) is 0 Å². The molecule has 1 aliphatic carbocycles. The lowest BCUT2D eigenvalue weighted by Gasteiger charge is -2.14. The van der Waals surface area contributed by atoms with Gasteiger partial charge >= 0.3 is 0 Å². The zero-order valence-corrected chi connectivity index (χ0v) is 14.9. The highest BCUT2D eigenvalue weighted by Gasteiger charge is 2.23. The summed E-state index contributed by atoms with van der Waals surface area (Å²) in [5.74, 6) is 1.61. The summed E-state index contributed by atoms with van der Waals surface area (Å²) in [7, 11) is 0. The van der Waals surface area contributed by atoms with E-state index in [1.54, 1.807) is 6.07 Å². The highest BCUT2D eigenvalue weighted by Crippen LogP contribution is 2.37. The third kappa shape index (κ3) is 3.27. The third-order valence-corrected chi connectivity index (χ3v) is 5.31. The summed E-state index contributed by atoms with van der Waals surface area (Å²) in [5, 5.41) is 1.14. The van der Waals surface area contributed by atoms with E-state index in [1.807, 2.05) is 12.1 Å². The molecule has 1 aliphatic rings. The number of hydrogen-bond acceptors (Lipinski definition) is 3. The molecule has 0 aliphatic heterocycles. The van der Waals surface area contributed by atoms with E-state index in [1.165, 1.54) is 25.7 Å². The van der Waals surface area contributed by atoms with Crippen LogP contribution in [0.1, 0.15) is 37.3 Å². The van der Waals surface area contributed by atoms with Gasteiger partial charge in [-0.1, -0.05) is 36.0 Å². The van der Waals surface area contributed by atoms with Crippen LogP contribution in [-0.4, -0.2) is 9.97 Å². The zero-order chi connectivity index (χ0) is 15.0. The van der Waals surface area contributed by atoms with Gasteiger partial charge in [0.2, 0.25) is 0 Å². The fraction of sp³-hybridized carbons (Fsp3) is 0.333. The summed E-state index contributed by atoms with van der Waals surface area (Å²) < 4.78 is 0.969. The molecule has 3 rings (SSSR count). The first-order valence-corrected chi connectivity index (χ1v) is 8.67. The van der Waals surface area contributed by atoms with E-state index in [4.69, 9.17) is 33.9 Å². The van der Waals surface area contributed by atoms with Crippen LogP contribution in [0.2, 0.25) is 10.0 Å². The van der Waals surface area contributed by atoms with E-state index in [9.17, 15) is 0 Å². The highest BCUT2D eigenvalue weighted by atomic mass is 127. The lowest BCUT2D eigenvalue weighted by atomic mass is 10.0. The van der Waals surface area contributed by atoms with E-state index in [0.717, 1.165) is 14.8 Å². The highest BCUT2D eigenvalue weighted by molar-refractivity contribution is 14.1. The molecule has 1 fully saturated rings. The fourth-order valence-corrected chi connectivity index (χ4v) is 3.97. The zero-order valence-electron chi connectivity index (χ0n) is 11.2. The molecule has 0 bridgehead atoms. The van der Waals surface area contributed by atoms with Gasteiger partial charge < -0.3 is 5.73 Å². The molecule has 0 saturated heterocycles. The molecule has 1 saturated carbocycles. The minimum absolute atomic E-state index is 0.482. The number of benzene rings is 1. The Kier molecular flexibility index (Phi) is 4.57. The van der Waals surface area contributed by atoms with E-state index >= 15 is 0 Å². The van der Waals surface area contributed by atoms with Gasteiger partial charge in [0, 0.05) is 21.5 Å². The Hall–Kier alpha value is -0.590. The van der Waals surface area contributed by atoms with Gasteiger partial charge in [-0.2, -0.15) is 0 Å². The van der Waals surface area contributed by atoms with Gasteiger partial charge in [-0.05, 0) is 53.6 Å². The number of nitrogens with zero attached hydrogens (tertiary/aromatic N) is 2. The maximum absolute atomic E-state index is 6.08. The summed E-state index contributed by atoms with van der Waals surface area (Å²) in [4.78, 5) is 9.15. The first-order chi connectivity index (χ1) is 10.0. The quantitative estimate of drug-likeness (QED) is 0.654. The Morgan fingerprint density at radius 3 is 2.29 bits per heavy atom. The van der Waals surface area contributed by atoms with Gasteiger partial charge in [-0.15, -0.1) is 0 Å². The lowest BCUT2D eigenvalue weighted by Crippen LogP contribution is -2.08. The standard InChI is InChI=1S/C15H14Cl2IN3/c16-10-5-9(6-11(17)7-10)15-20-13(8-3-1-2-4-8)12(18)14(19)21-15/h5-8H,1-4H2,(H2,19,20,21). The molecule has 0 spiro atoms. The van der Waals surface area contributed by atoms with Crippen molar-refractivity contribution in [3.05, 3.63) is 37.5 Å². The number of aromatic nitrogens is 2.